The molecule has 0 aliphatic heterocycles. The number of carbonyl (C=O) groups is 2. The molecule has 2 unspecified atom stereocenters. The average Bonchev–Trinajstić information content (AvgIpc) is 2.95. The molecule has 0 radical (unpaired) electrons. The lowest BCUT2D eigenvalue weighted by Gasteiger charge is -2.24. The van der Waals surface area contributed by atoms with Gasteiger partial charge in [-0.15, -0.1) is 0 Å². The van der Waals surface area contributed by atoms with E-state index in [-0.39, 0.29) is 32.0 Å². The molecule has 44 heavy (non-hydrogen) atoms. The monoisotopic (exact) mass is 648 g/mol. The molecule has 260 valence electrons. The van der Waals surface area contributed by atoms with E-state index in [1.807, 2.05) is 21.1 Å². The zero-order chi connectivity index (χ0) is 32.9. The summed E-state index contributed by atoms with van der Waals surface area (Å²) in [5.74, 6) is -0.819. The number of rotatable bonds is 31. The Morgan fingerprint density at radius 1 is 0.682 bits per heavy atom. The van der Waals surface area contributed by atoms with E-state index in [0.29, 0.717) is 17.4 Å². The van der Waals surface area contributed by atoms with Gasteiger partial charge in [-0.1, -0.05) is 103 Å². The molecule has 0 aromatic rings. The minimum absolute atomic E-state index is 0.0321. The third-order valence-electron chi connectivity index (χ3n) is 7.30. The summed E-state index contributed by atoms with van der Waals surface area (Å²) < 4.78 is 33.9. The predicted molar refractivity (Wildman–Crippen MR) is 178 cm³/mol. The summed E-state index contributed by atoms with van der Waals surface area (Å²) in [4.78, 5) is 34.8. The van der Waals surface area contributed by atoms with Gasteiger partial charge in [0, 0.05) is 12.8 Å². The van der Waals surface area contributed by atoms with E-state index in [0.717, 1.165) is 57.8 Å². The first kappa shape index (κ1) is 42.8. The molecule has 0 aliphatic rings. The van der Waals surface area contributed by atoms with E-state index in [9.17, 15) is 19.0 Å². The van der Waals surface area contributed by atoms with Crippen molar-refractivity contribution in [3.8, 4) is 0 Å². The molecule has 0 aromatic carbocycles. The van der Waals surface area contributed by atoms with E-state index >= 15 is 0 Å². The van der Waals surface area contributed by atoms with E-state index in [1.165, 1.54) is 51.4 Å². The Balaban J connectivity index is 4.44. The molecule has 0 heterocycles. The highest BCUT2D eigenvalue weighted by Crippen LogP contribution is 2.43. The molecule has 0 bridgehead atoms. The van der Waals surface area contributed by atoms with Gasteiger partial charge >= 0.3 is 19.8 Å². The largest absolute Gasteiger partial charge is 0.472 e. The van der Waals surface area contributed by atoms with Crippen molar-refractivity contribution in [3.05, 3.63) is 12.2 Å². The van der Waals surface area contributed by atoms with Gasteiger partial charge < -0.3 is 18.9 Å². The number of nitrogens with zero attached hydrogens (tertiary/aromatic N) is 1. The number of esters is 2. The molecule has 1 N–H and O–H groups in total. The van der Waals surface area contributed by atoms with Gasteiger partial charge in [-0.05, 0) is 38.5 Å². The summed E-state index contributed by atoms with van der Waals surface area (Å²) >= 11 is 0. The highest BCUT2D eigenvalue weighted by molar-refractivity contribution is 7.47. The summed E-state index contributed by atoms with van der Waals surface area (Å²) in [5, 5.41) is 0. The Labute approximate surface area is 269 Å². The number of hydrogen-bond donors (Lipinski definition) is 1. The fourth-order valence-electron chi connectivity index (χ4n) is 4.48. The van der Waals surface area contributed by atoms with Crippen LogP contribution in [-0.2, 0) is 32.7 Å². The summed E-state index contributed by atoms with van der Waals surface area (Å²) in [7, 11) is 1.47. The average molecular weight is 649 g/mol. The van der Waals surface area contributed by atoms with E-state index in [1.54, 1.807) is 0 Å². The van der Waals surface area contributed by atoms with Gasteiger partial charge in [-0.2, -0.15) is 0 Å². The van der Waals surface area contributed by atoms with Crippen LogP contribution in [0.25, 0.3) is 0 Å². The van der Waals surface area contributed by atoms with Gasteiger partial charge in [-0.25, -0.2) is 4.57 Å². The SMILES string of the molecule is CCCCCCC/C=C\CCCCCCCC(=O)OC(COC(=O)CCCCCCCC)COP(=O)(O)OCC[N+](C)(C)C. The number of likely N-dealkylation sites (N-methyl/N-ethyl adjacent to an activating group) is 1. The molecule has 0 saturated carbocycles. The number of phosphoric ester groups is 1. The maximum Gasteiger partial charge on any atom is 0.472 e. The van der Waals surface area contributed by atoms with Crippen LogP contribution in [0.1, 0.15) is 142 Å². The number of quaternary nitrogens is 1. The van der Waals surface area contributed by atoms with Crippen LogP contribution in [0.4, 0.5) is 0 Å². The fraction of sp³-hybridized carbons (Fsp3) is 0.882. The van der Waals surface area contributed by atoms with Crippen LogP contribution in [-0.4, -0.2) is 74.9 Å². The highest BCUT2D eigenvalue weighted by Gasteiger charge is 2.27. The number of allylic oxidation sites excluding steroid dienone is 2. The van der Waals surface area contributed by atoms with E-state index in [4.69, 9.17) is 18.5 Å². The van der Waals surface area contributed by atoms with Crippen LogP contribution in [0.5, 0.6) is 0 Å². The molecule has 0 rings (SSSR count). The Morgan fingerprint density at radius 3 is 1.68 bits per heavy atom. The molecular weight excluding hydrogens is 581 g/mol. The lowest BCUT2D eigenvalue weighted by Crippen LogP contribution is -2.37. The van der Waals surface area contributed by atoms with Crippen molar-refractivity contribution in [1.82, 2.24) is 0 Å². The van der Waals surface area contributed by atoms with Crippen molar-refractivity contribution >= 4 is 19.8 Å². The zero-order valence-electron chi connectivity index (χ0n) is 28.9. The zero-order valence-corrected chi connectivity index (χ0v) is 29.8. The number of phosphoric acid groups is 1. The molecule has 0 amide bonds. The summed E-state index contributed by atoms with van der Waals surface area (Å²) in [5.41, 5.74) is 0. The molecule has 10 heteroatoms. The maximum atomic E-state index is 12.5. The predicted octanol–water partition coefficient (Wildman–Crippen LogP) is 8.68. The molecule has 0 fully saturated rings. The third kappa shape index (κ3) is 30.8. The van der Waals surface area contributed by atoms with Crippen molar-refractivity contribution in [2.45, 2.75) is 148 Å². The van der Waals surface area contributed by atoms with Gasteiger partial charge in [0.2, 0.25) is 0 Å². The molecule has 0 saturated heterocycles. The first-order chi connectivity index (χ1) is 21.0. The minimum Gasteiger partial charge on any atom is -0.462 e. The van der Waals surface area contributed by atoms with Crippen molar-refractivity contribution in [2.24, 2.45) is 0 Å². The molecule has 2 atom stereocenters. The second-order valence-electron chi connectivity index (χ2n) is 12.9. The highest BCUT2D eigenvalue weighted by atomic mass is 31.2. The standard InChI is InChI=1S/C34H66NO8P/c1-6-8-10-12-14-15-16-17-18-19-20-21-23-25-27-34(37)43-32(30-40-33(36)26-24-22-13-11-9-7-2)31-42-44(38,39)41-29-28-35(3,4)5/h16-17,32H,6-15,18-31H2,1-5H3/p+1/b17-16-. The lowest BCUT2D eigenvalue weighted by atomic mass is 10.1. The van der Waals surface area contributed by atoms with Crippen LogP contribution in [0.15, 0.2) is 12.2 Å². The van der Waals surface area contributed by atoms with E-state index in [2.05, 4.69) is 26.0 Å². The van der Waals surface area contributed by atoms with Gasteiger partial charge in [0.25, 0.3) is 0 Å². The first-order valence-corrected chi connectivity index (χ1v) is 18.9. The van der Waals surface area contributed by atoms with Crippen LogP contribution < -0.4 is 0 Å². The van der Waals surface area contributed by atoms with Crippen LogP contribution >= 0.6 is 7.82 Å². The first-order valence-electron chi connectivity index (χ1n) is 17.4. The quantitative estimate of drug-likeness (QED) is 0.0262. The van der Waals surface area contributed by atoms with Crippen molar-refractivity contribution in [3.63, 3.8) is 0 Å². The van der Waals surface area contributed by atoms with E-state index < -0.39 is 26.5 Å². The van der Waals surface area contributed by atoms with Gasteiger partial charge in [0.05, 0.1) is 27.7 Å². The van der Waals surface area contributed by atoms with Crippen molar-refractivity contribution in [2.75, 3.05) is 47.5 Å². The minimum atomic E-state index is -4.35. The van der Waals surface area contributed by atoms with Gasteiger partial charge in [0.1, 0.15) is 19.8 Å². The van der Waals surface area contributed by atoms with Gasteiger partial charge in [-0.3, -0.25) is 18.6 Å². The number of carbonyl (C=O) groups excluding carboxylic acids is 2. The second-order valence-corrected chi connectivity index (χ2v) is 14.4. The number of ether oxygens (including phenoxy) is 2. The van der Waals surface area contributed by atoms with Crippen LogP contribution in [0, 0.1) is 0 Å². The molecular formula is C34H67NO8P+. The lowest BCUT2D eigenvalue weighted by molar-refractivity contribution is -0.870. The smallest absolute Gasteiger partial charge is 0.462 e. The summed E-state index contributed by atoms with van der Waals surface area (Å²) in [6, 6.07) is 0. The van der Waals surface area contributed by atoms with Crippen molar-refractivity contribution in [1.29, 1.82) is 0 Å². The fourth-order valence-corrected chi connectivity index (χ4v) is 5.22. The van der Waals surface area contributed by atoms with Crippen LogP contribution in [0.3, 0.4) is 0 Å². The molecule has 0 aliphatic carbocycles. The Hall–Kier alpha value is -1.25. The normalized spacial score (nSPS) is 14.0. The third-order valence-corrected chi connectivity index (χ3v) is 8.28. The molecule has 0 spiro atoms. The van der Waals surface area contributed by atoms with Crippen LogP contribution in [0.2, 0.25) is 0 Å². The Bertz CT molecular complexity index is 784. The topological polar surface area (TPSA) is 108 Å². The Morgan fingerprint density at radius 2 is 1.16 bits per heavy atom. The van der Waals surface area contributed by atoms with Gasteiger partial charge in [0.15, 0.2) is 6.10 Å². The molecule has 0 aromatic heterocycles. The Kier molecular flexibility index (Phi) is 27.2. The summed E-state index contributed by atoms with van der Waals surface area (Å²) in [6.45, 7) is 4.31. The molecule has 9 nitrogen and oxygen atoms in total. The second kappa shape index (κ2) is 28.0. The number of hydrogen-bond acceptors (Lipinski definition) is 7. The number of unbranched alkanes of at least 4 members (excludes halogenated alkanes) is 15. The summed E-state index contributed by atoms with van der Waals surface area (Å²) in [6.07, 6.45) is 24.3. The maximum absolute atomic E-state index is 12.5. The van der Waals surface area contributed by atoms with Crippen molar-refractivity contribution < 1.29 is 42.1 Å².